The van der Waals surface area contributed by atoms with E-state index in [2.05, 4.69) is 21.5 Å². The number of carbonyl (C=O) groups excluding carboxylic acids is 3. The molecule has 4 rings (SSSR count). The average molecular weight is 672 g/mol. The molecule has 13 nitrogen and oxygen atoms in total. The third-order valence-corrected chi connectivity index (χ3v) is 9.99. The van der Waals surface area contributed by atoms with Crippen LogP contribution in [0, 0.1) is 34.0 Å². The van der Waals surface area contributed by atoms with Gasteiger partial charge in [-0.25, -0.2) is 14.3 Å². The number of nitriles is 1. The van der Waals surface area contributed by atoms with Gasteiger partial charge in [-0.2, -0.15) is 10.4 Å². The van der Waals surface area contributed by atoms with Gasteiger partial charge in [0.15, 0.2) is 14.1 Å². The number of hydrogen-bond donors (Lipinski definition) is 1. The number of aromatic nitrogens is 3. The lowest BCUT2D eigenvalue weighted by Gasteiger charge is -2.35. The highest BCUT2D eigenvalue weighted by atomic mass is 28.4. The summed E-state index contributed by atoms with van der Waals surface area (Å²) >= 11 is 0. The number of carbonyl (C=O) groups is 3. The van der Waals surface area contributed by atoms with Gasteiger partial charge in [0.2, 0.25) is 12.4 Å². The molecule has 0 unspecified atom stereocenters. The first kappa shape index (κ1) is 36.3. The van der Waals surface area contributed by atoms with Crippen molar-refractivity contribution in [2.45, 2.75) is 111 Å². The summed E-state index contributed by atoms with van der Waals surface area (Å²) < 4.78 is 30.6. The van der Waals surface area contributed by atoms with Crippen molar-refractivity contribution < 1.29 is 37.8 Å². The van der Waals surface area contributed by atoms with E-state index in [1.807, 2.05) is 40.4 Å². The van der Waals surface area contributed by atoms with Crippen LogP contribution < -0.4 is 5.32 Å². The molecule has 2 aromatic rings. The van der Waals surface area contributed by atoms with Crippen LogP contribution >= 0.6 is 0 Å². The van der Waals surface area contributed by atoms with Gasteiger partial charge in [-0.05, 0) is 85.2 Å². The summed E-state index contributed by atoms with van der Waals surface area (Å²) in [5.74, 6) is -0.737. The lowest BCUT2D eigenvalue weighted by molar-refractivity contribution is -0.164. The summed E-state index contributed by atoms with van der Waals surface area (Å²) in [4.78, 5) is 42.1. The van der Waals surface area contributed by atoms with E-state index in [1.54, 1.807) is 32.9 Å². The van der Waals surface area contributed by atoms with Crippen molar-refractivity contribution in [2.24, 2.45) is 22.7 Å². The second kappa shape index (κ2) is 13.9. The zero-order chi connectivity index (χ0) is 34.8. The molecule has 2 aromatic heterocycles. The van der Waals surface area contributed by atoms with E-state index in [-0.39, 0.29) is 30.2 Å². The van der Waals surface area contributed by atoms with Crippen molar-refractivity contribution in [1.29, 1.82) is 5.26 Å². The molecule has 0 radical (unpaired) electrons. The molecule has 4 atom stereocenters. The van der Waals surface area contributed by atoms with Crippen LogP contribution in [0.2, 0.25) is 19.6 Å². The van der Waals surface area contributed by atoms with Crippen molar-refractivity contribution in [3.8, 4) is 6.07 Å². The van der Waals surface area contributed by atoms with Crippen LogP contribution in [0.4, 0.5) is 10.6 Å². The zero-order valence-corrected chi connectivity index (χ0v) is 30.0. The maximum atomic E-state index is 13.4. The highest BCUT2D eigenvalue weighted by Crippen LogP contribution is 2.46. The van der Waals surface area contributed by atoms with Crippen molar-refractivity contribution in [3.63, 3.8) is 0 Å². The molecule has 0 aromatic carbocycles. The second-order valence-electron chi connectivity index (χ2n) is 15.1. The highest BCUT2D eigenvalue weighted by molar-refractivity contribution is 6.69. The van der Waals surface area contributed by atoms with Crippen molar-refractivity contribution in [3.05, 3.63) is 24.2 Å². The van der Waals surface area contributed by atoms with Crippen LogP contribution in [-0.4, -0.2) is 66.6 Å². The first-order valence-electron chi connectivity index (χ1n) is 16.3. The Morgan fingerprint density at radius 3 is 2.36 bits per heavy atom. The molecule has 2 aliphatic rings. The van der Waals surface area contributed by atoms with Gasteiger partial charge in [-0.15, -0.1) is 0 Å². The molecule has 0 spiro atoms. The van der Waals surface area contributed by atoms with E-state index >= 15 is 0 Å². The summed E-state index contributed by atoms with van der Waals surface area (Å²) in [6, 6.07) is 5.72. The van der Waals surface area contributed by atoms with Gasteiger partial charge in [0.05, 0.1) is 28.7 Å². The minimum atomic E-state index is -2.23. The van der Waals surface area contributed by atoms with E-state index in [0.29, 0.717) is 11.2 Å². The summed E-state index contributed by atoms with van der Waals surface area (Å²) in [6.45, 7) is 16.4. The van der Waals surface area contributed by atoms with Gasteiger partial charge in [0.25, 0.3) is 0 Å². The van der Waals surface area contributed by atoms with Crippen molar-refractivity contribution >= 4 is 37.7 Å². The molecule has 0 bridgehead atoms. The van der Waals surface area contributed by atoms with E-state index in [1.165, 1.54) is 17.3 Å². The smallest absolute Gasteiger partial charge is 0.415 e. The topological polar surface area (TPSA) is 163 Å². The number of amides is 1. The fourth-order valence-electron chi connectivity index (χ4n) is 6.22. The van der Waals surface area contributed by atoms with Crippen molar-refractivity contribution in [2.75, 3.05) is 18.7 Å². The molecule has 2 fully saturated rings. The minimum Gasteiger partial charge on any atom is -0.462 e. The molecule has 14 heteroatoms. The molecule has 47 heavy (non-hydrogen) atoms. The van der Waals surface area contributed by atoms with E-state index in [0.717, 1.165) is 25.7 Å². The van der Waals surface area contributed by atoms with Gasteiger partial charge in [0.1, 0.15) is 24.5 Å². The largest absolute Gasteiger partial charge is 0.462 e. The molecule has 1 saturated carbocycles. The molecule has 1 aliphatic carbocycles. The predicted molar refractivity (Wildman–Crippen MR) is 174 cm³/mol. The Labute approximate surface area is 277 Å². The maximum Gasteiger partial charge on any atom is 0.415 e. The Balaban J connectivity index is 1.57. The number of rotatable bonds is 10. The van der Waals surface area contributed by atoms with Crippen LogP contribution in [0.3, 0.4) is 0 Å². The first-order valence-corrected chi connectivity index (χ1v) is 19.7. The SMILES string of the molecule is C[C@H]1[C@@H](O[Si](C)(C)C)[C@](C#N)(c2ccc3c(NC(=O)OCOC(=O)C(C)(C)C)ncnn23)O[C@@H]1COC(=O)C(C)(C)C1CCCCC1. The molecule has 1 saturated heterocycles. The normalized spacial score (nSPS) is 24.0. The number of esters is 2. The summed E-state index contributed by atoms with van der Waals surface area (Å²) in [6.07, 6.45) is 4.44. The first-order chi connectivity index (χ1) is 21.9. The quantitative estimate of drug-likeness (QED) is 0.180. The summed E-state index contributed by atoms with van der Waals surface area (Å²) in [7, 11) is -2.23. The molecule has 1 N–H and O–H groups in total. The lowest BCUT2D eigenvalue weighted by Crippen LogP contribution is -2.46. The lowest BCUT2D eigenvalue weighted by atomic mass is 9.71. The molecular weight excluding hydrogens is 622 g/mol. The van der Waals surface area contributed by atoms with Crippen LogP contribution in [-0.2, 0) is 38.6 Å². The molecule has 1 amide bonds. The fourth-order valence-corrected chi connectivity index (χ4v) is 7.36. The molecule has 3 heterocycles. The Bertz CT molecular complexity index is 1500. The Hall–Kier alpha value is -3.54. The Morgan fingerprint density at radius 2 is 1.74 bits per heavy atom. The minimum absolute atomic E-state index is 0.0259. The predicted octanol–water partition coefficient (Wildman–Crippen LogP) is 5.95. The van der Waals surface area contributed by atoms with Gasteiger partial charge in [0, 0.05) is 5.92 Å². The van der Waals surface area contributed by atoms with Gasteiger partial charge in [-0.3, -0.25) is 14.9 Å². The van der Waals surface area contributed by atoms with E-state index < -0.39 is 55.8 Å². The van der Waals surface area contributed by atoms with Crippen LogP contribution in [0.15, 0.2) is 18.5 Å². The third-order valence-electron chi connectivity index (χ3n) is 9.02. The molecular formula is C33H49N5O8Si. The Morgan fingerprint density at radius 1 is 1.06 bits per heavy atom. The number of hydrogen-bond acceptors (Lipinski definition) is 11. The van der Waals surface area contributed by atoms with Gasteiger partial charge < -0.3 is 23.4 Å². The van der Waals surface area contributed by atoms with E-state index in [9.17, 15) is 19.6 Å². The number of fused-ring (bicyclic) bond motifs is 1. The third kappa shape index (κ3) is 7.96. The van der Waals surface area contributed by atoms with Crippen LogP contribution in [0.25, 0.3) is 5.52 Å². The average Bonchev–Trinajstić information content (AvgIpc) is 3.55. The number of ether oxygens (including phenoxy) is 4. The second-order valence-corrected chi connectivity index (χ2v) is 19.6. The van der Waals surface area contributed by atoms with Crippen LogP contribution in [0.1, 0.15) is 79.3 Å². The maximum absolute atomic E-state index is 13.4. The highest BCUT2D eigenvalue weighted by Gasteiger charge is 2.58. The summed E-state index contributed by atoms with van der Waals surface area (Å²) in [5.41, 5.74) is -2.25. The summed E-state index contributed by atoms with van der Waals surface area (Å²) in [5, 5.41) is 17.7. The Kier molecular flexibility index (Phi) is 10.7. The number of nitrogens with one attached hydrogen (secondary N) is 1. The van der Waals surface area contributed by atoms with Crippen LogP contribution in [0.5, 0.6) is 0 Å². The monoisotopic (exact) mass is 671 g/mol. The molecule has 258 valence electrons. The van der Waals surface area contributed by atoms with Crippen molar-refractivity contribution in [1.82, 2.24) is 14.6 Å². The fraction of sp³-hybridized carbons (Fsp3) is 0.697. The number of nitrogens with zero attached hydrogens (tertiary/aromatic N) is 4. The standard InChI is InChI=1S/C33H49N5O8Si/c1-21-24(17-42-29(40)32(5,6)22-13-11-10-12-14-22)45-33(18-34,26(21)46-47(7,8)9)25-16-15-23-27(35-19-36-38(23)25)37-30(41)44-20-43-28(39)31(2,3)4/h15-16,19,21-22,24,26H,10-14,17,20H2,1-9H3,(H,35,36,37,41)/t21-,24-,26-,33+/m1/s1. The number of anilines is 1. The molecule has 1 aliphatic heterocycles. The van der Waals surface area contributed by atoms with Gasteiger partial charge >= 0.3 is 18.0 Å². The van der Waals surface area contributed by atoms with Gasteiger partial charge in [-0.1, -0.05) is 26.2 Å². The zero-order valence-electron chi connectivity index (χ0n) is 29.0. The van der Waals surface area contributed by atoms with E-state index in [4.69, 9.17) is 23.4 Å².